The molecular weight excluding hydrogens is 226 g/mol. The van der Waals surface area contributed by atoms with E-state index in [9.17, 15) is 0 Å². The van der Waals surface area contributed by atoms with Gasteiger partial charge < -0.3 is 15.4 Å². The van der Waals surface area contributed by atoms with Crippen LogP contribution in [-0.4, -0.2) is 25.2 Å². The van der Waals surface area contributed by atoms with Crippen LogP contribution in [0.5, 0.6) is 5.88 Å². The van der Waals surface area contributed by atoms with Crippen molar-refractivity contribution >= 4 is 11.5 Å². The van der Waals surface area contributed by atoms with Gasteiger partial charge in [0.2, 0.25) is 5.88 Å². The van der Waals surface area contributed by atoms with E-state index >= 15 is 0 Å². The first kappa shape index (κ1) is 13.0. The monoisotopic (exact) mass is 249 g/mol. The Labute approximate surface area is 109 Å². The summed E-state index contributed by atoms with van der Waals surface area (Å²) in [6.45, 7) is 2.33. The third-order valence-electron chi connectivity index (χ3n) is 3.96. The molecule has 0 amide bonds. The Morgan fingerprint density at radius 3 is 2.56 bits per heavy atom. The summed E-state index contributed by atoms with van der Waals surface area (Å²) in [7, 11) is 3.71. The molecule has 1 aliphatic carbocycles. The van der Waals surface area contributed by atoms with Gasteiger partial charge in [0, 0.05) is 13.1 Å². The van der Waals surface area contributed by atoms with Crippen LogP contribution in [0.15, 0.2) is 12.1 Å². The van der Waals surface area contributed by atoms with Crippen LogP contribution in [0.2, 0.25) is 0 Å². The molecule has 1 fully saturated rings. The van der Waals surface area contributed by atoms with Crippen molar-refractivity contribution in [2.45, 2.75) is 38.6 Å². The molecule has 0 spiro atoms. The molecule has 0 aliphatic heterocycles. The van der Waals surface area contributed by atoms with Crippen LogP contribution < -0.4 is 15.4 Å². The summed E-state index contributed by atoms with van der Waals surface area (Å²) in [5.74, 6) is 2.33. The minimum Gasteiger partial charge on any atom is -0.479 e. The maximum Gasteiger partial charge on any atom is 0.238 e. The van der Waals surface area contributed by atoms with Gasteiger partial charge in [-0.2, -0.15) is 4.98 Å². The second-order valence-corrected chi connectivity index (χ2v) is 5.29. The van der Waals surface area contributed by atoms with Crippen molar-refractivity contribution in [2.75, 3.05) is 24.8 Å². The first-order chi connectivity index (χ1) is 8.61. The van der Waals surface area contributed by atoms with Crippen molar-refractivity contribution < 1.29 is 4.74 Å². The highest BCUT2D eigenvalue weighted by molar-refractivity contribution is 5.54. The molecule has 0 radical (unpaired) electrons. The average Bonchev–Trinajstić information content (AvgIpc) is 2.39. The fourth-order valence-corrected chi connectivity index (χ4v) is 2.62. The quantitative estimate of drug-likeness (QED) is 0.895. The normalized spacial score (nSPS) is 23.7. The van der Waals surface area contributed by atoms with Crippen molar-refractivity contribution in [3.8, 4) is 5.88 Å². The smallest absolute Gasteiger partial charge is 0.238 e. The zero-order valence-corrected chi connectivity index (χ0v) is 11.5. The maximum absolute atomic E-state index is 5.79. The lowest BCUT2D eigenvalue weighted by atomic mass is 9.87. The number of rotatable bonds is 3. The van der Waals surface area contributed by atoms with Gasteiger partial charge in [0.15, 0.2) is 0 Å². The summed E-state index contributed by atoms with van der Waals surface area (Å²) in [6.07, 6.45) is 5.10. The Kier molecular flexibility index (Phi) is 3.94. The van der Waals surface area contributed by atoms with Crippen LogP contribution in [0, 0.1) is 5.92 Å². The summed E-state index contributed by atoms with van der Waals surface area (Å²) in [5, 5.41) is 0. The van der Waals surface area contributed by atoms with E-state index in [0.717, 1.165) is 11.7 Å². The zero-order chi connectivity index (χ0) is 13.1. The molecule has 1 saturated carbocycles. The van der Waals surface area contributed by atoms with Crippen LogP contribution in [0.4, 0.5) is 11.5 Å². The predicted molar refractivity (Wildman–Crippen MR) is 75.0 cm³/mol. The molecule has 4 nitrogen and oxygen atoms in total. The molecule has 0 unspecified atom stereocenters. The molecule has 18 heavy (non-hydrogen) atoms. The molecule has 0 saturated heterocycles. The molecule has 0 atom stereocenters. The van der Waals surface area contributed by atoms with Crippen LogP contribution in [0.3, 0.4) is 0 Å². The summed E-state index contributed by atoms with van der Waals surface area (Å²) in [4.78, 5) is 6.72. The van der Waals surface area contributed by atoms with E-state index in [1.807, 2.05) is 12.1 Å². The molecule has 4 heteroatoms. The van der Waals surface area contributed by atoms with E-state index in [1.54, 1.807) is 7.11 Å². The number of anilines is 2. The summed E-state index contributed by atoms with van der Waals surface area (Å²) < 4.78 is 5.18. The van der Waals surface area contributed by atoms with Gasteiger partial charge in [-0.1, -0.05) is 6.92 Å². The van der Waals surface area contributed by atoms with Crippen molar-refractivity contribution in [2.24, 2.45) is 5.92 Å². The van der Waals surface area contributed by atoms with Crippen LogP contribution in [0.25, 0.3) is 0 Å². The summed E-state index contributed by atoms with van der Waals surface area (Å²) in [6, 6.07) is 4.42. The molecule has 2 rings (SSSR count). The largest absolute Gasteiger partial charge is 0.479 e. The first-order valence-corrected chi connectivity index (χ1v) is 6.65. The molecule has 0 aromatic carbocycles. The SMILES string of the molecule is COc1nc(N(C)C2CCC(C)CC2)ccc1N. The number of aromatic nitrogens is 1. The average molecular weight is 249 g/mol. The molecule has 1 aromatic heterocycles. The third kappa shape index (κ3) is 2.68. The number of nitrogens with two attached hydrogens (primary N) is 1. The van der Waals surface area contributed by atoms with Gasteiger partial charge in [-0.3, -0.25) is 0 Å². The number of nitrogen functional groups attached to an aromatic ring is 1. The van der Waals surface area contributed by atoms with E-state index in [1.165, 1.54) is 25.7 Å². The molecular formula is C14H23N3O. The summed E-state index contributed by atoms with van der Waals surface area (Å²) >= 11 is 0. The number of pyridine rings is 1. The second-order valence-electron chi connectivity index (χ2n) is 5.29. The first-order valence-electron chi connectivity index (χ1n) is 6.65. The fourth-order valence-electron chi connectivity index (χ4n) is 2.62. The van der Waals surface area contributed by atoms with Crippen molar-refractivity contribution in [1.29, 1.82) is 0 Å². The highest BCUT2D eigenvalue weighted by Crippen LogP contribution is 2.30. The topological polar surface area (TPSA) is 51.4 Å². The van der Waals surface area contributed by atoms with Gasteiger partial charge in [-0.25, -0.2) is 0 Å². The van der Waals surface area contributed by atoms with E-state index in [4.69, 9.17) is 10.5 Å². The van der Waals surface area contributed by atoms with E-state index in [0.29, 0.717) is 17.6 Å². The highest BCUT2D eigenvalue weighted by atomic mass is 16.5. The lowest BCUT2D eigenvalue weighted by Crippen LogP contribution is -2.35. The Morgan fingerprint density at radius 2 is 1.94 bits per heavy atom. The fraction of sp³-hybridized carbons (Fsp3) is 0.643. The van der Waals surface area contributed by atoms with Gasteiger partial charge >= 0.3 is 0 Å². The van der Waals surface area contributed by atoms with Gasteiger partial charge in [0.1, 0.15) is 5.82 Å². The predicted octanol–water partition coefficient (Wildman–Crippen LogP) is 2.69. The van der Waals surface area contributed by atoms with E-state index in [-0.39, 0.29) is 0 Å². The highest BCUT2D eigenvalue weighted by Gasteiger charge is 2.22. The number of ether oxygens (including phenoxy) is 1. The third-order valence-corrected chi connectivity index (χ3v) is 3.96. The maximum atomic E-state index is 5.79. The molecule has 2 N–H and O–H groups in total. The molecule has 0 bridgehead atoms. The van der Waals surface area contributed by atoms with Crippen LogP contribution in [0.1, 0.15) is 32.6 Å². The molecule has 1 aromatic rings. The second kappa shape index (κ2) is 5.46. The molecule has 100 valence electrons. The van der Waals surface area contributed by atoms with Crippen LogP contribution >= 0.6 is 0 Å². The van der Waals surface area contributed by atoms with E-state index in [2.05, 4.69) is 23.9 Å². The van der Waals surface area contributed by atoms with Gasteiger partial charge in [-0.05, 0) is 43.7 Å². The molecule has 1 heterocycles. The lowest BCUT2D eigenvalue weighted by molar-refractivity contribution is 0.339. The standard InChI is InChI=1S/C14H23N3O/c1-10-4-6-11(7-5-10)17(2)13-9-8-12(15)14(16-13)18-3/h8-11H,4-7,15H2,1-3H3. The zero-order valence-electron chi connectivity index (χ0n) is 11.5. The number of hydrogen-bond acceptors (Lipinski definition) is 4. The van der Waals surface area contributed by atoms with Crippen LogP contribution in [-0.2, 0) is 0 Å². The Morgan fingerprint density at radius 1 is 1.28 bits per heavy atom. The Balaban J connectivity index is 2.10. The van der Waals surface area contributed by atoms with Gasteiger partial charge in [0.25, 0.3) is 0 Å². The van der Waals surface area contributed by atoms with Gasteiger partial charge in [-0.15, -0.1) is 0 Å². The minimum absolute atomic E-state index is 0.517. The van der Waals surface area contributed by atoms with Crippen molar-refractivity contribution in [3.05, 3.63) is 12.1 Å². The van der Waals surface area contributed by atoms with Crippen molar-refractivity contribution in [1.82, 2.24) is 4.98 Å². The molecule has 1 aliphatic rings. The van der Waals surface area contributed by atoms with Crippen molar-refractivity contribution in [3.63, 3.8) is 0 Å². The Hall–Kier alpha value is -1.45. The summed E-state index contributed by atoms with van der Waals surface area (Å²) in [5.41, 5.74) is 6.38. The number of hydrogen-bond donors (Lipinski definition) is 1. The van der Waals surface area contributed by atoms with Gasteiger partial charge in [0.05, 0.1) is 12.8 Å². The Bertz CT molecular complexity index is 400. The minimum atomic E-state index is 0.517. The number of methoxy groups -OCH3 is 1. The number of nitrogens with zero attached hydrogens (tertiary/aromatic N) is 2. The van der Waals surface area contributed by atoms with E-state index < -0.39 is 0 Å². The lowest BCUT2D eigenvalue weighted by Gasteiger charge is -2.34.